The average molecular weight is 293 g/mol. The lowest BCUT2D eigenvalue weighted by Crippen LogP contribution is -2.47. The Kier molecular flexibility index (Phi) is 4.22. The Labute approximate surface area is 125 Å². The van der Waals surface area contributed by atoms with Crippen LogP contribution < -0.4 is 15.2 Å². The monoisotopic (exact) mass is 293 g/mol. The molecule has 2 aliphatic rings. The van der Waals surface area contributed by atoms with Gasteiger partial charge in [-0.05, 0) is 25.0 Å². The van der Waals surface area contributed by atoms with Crippen LogP contribution in [0.1, 0.15) is 25.7 Å². The van der Waals surface area contributed by atoms with Gasteiger partial charge in [-0.25, -0.2) is 0 Å². The maximum absolute atomic E-state index is 6.16. The number of methoxy groups -OCH3 is 1. The number of anilines is 1. The second-order valence-corrected chi connectivity index (χ2v) is 5.79. The highest BCUT2D eigenvalue weighted by Crippen LogP contribution is 2.37. The highest BCUT2D eigenvalue weighted by atomic mass is 16.5. The van der Waals surface area contributed by atoms with Gasteiger partial charge < -0.3 is 24.7 Å². The van der Waals surface area contributed by atoms with E-state index in [-0.39, 0.29) is 11.7 Å². The van der Waals surface area contributed by atoms with Gasteiger partial charge in [-0.3, -0.25) is 0 Å². The molecule has 0 radical (unpaired) electrons. The molecule has 3 rings (SSSR count). The molecule has 1 atom stereocenters. The van der Waals surface area contributed by atoms with Crippen molar-refractivity contribution in [1.82, 2.24) is 0 Å². The van der Waals surface area contributed by atoms with Crippen LogP contribution in [0, 0.1) is 0 Å². The van der Waals surface area contributed by atoms with Crippen LogP contribution in [-0.4, -0.2) is 38.6 Å². The topological polar surface area (TPSA) is 62.9 Å². The van der Waals surface area contributed by atoms with Crippen LogP contribution in [0.5, 0.6) is 11.5 Å². The summed E-state index contributed by atoms with van der Waals surface area (Å²) in [6.45, 7) is 2.29. The third-order valence-electron chi connectivity index (χ3n) is 4.33. The van der Waals surface area contributed by atoms with Crippen molar-refractivity contribution < 1.29 is 18.9 Å². The first kappa shape index (κ1) is 14.5. The van der Waals surface area contributed by atoms with Crippen LogP contribution in [0.2, 0.25) is 0 Å². The molecule has 2 aliphatic heterocycles. The van der Waals surface area contributed by atoms with Crippen molar-refractivity contribution in [1.29, 1.82) is 0 Å². The van der Waals surface area contributed by atoms with E-state index in [2.05, 4.69) is 0 Å². The largest absolute Gasteiger partial charge is 0.493 e. The number of nitrogens with two attached hydrogens (primary N) is 1. The maximum atomic E-state index is 6.16. The lowest BCUT2D eigenvalue weighted by molar-refractivity contribution is -0.155. The number of hydrogen-bond donors (Lipinski definition) is 1. The van der Waals surface area contributed by atoms with E-state index >= 15 is 0 Å². The molecule has 2 N–H and O–H groups in total. The Morgan fingerprint density at radius 1 is 1.19 bits per heavy atom. The molecule has 21 heavy (non-hydrogen) atoms. The van der Waals surface area contributed by atoms with E-state index in [0.29, 0.717) is 11.4 Å². The minimum atomic E-state index is -0.0673. The van der Waals surface area contributed by atoms with Gasteiger partial charge in [0.2, 0.25) is 0 Å². The van der Waals surface area contributed by atoms with Gasteiger partial charge in [-0.1, -0.05) is 0 Å². The second kappa shape index (κ2) is 6.12. The van der Waals surface area contributed by atoms with Gasteiger partial charge in [0.25, 0.3) is 0 Å². The first-order valence-corrected chi connectivity index (χ1v) is 7.53. The van der Waals surface area contributed by atoms with Crippen LogP contribution >= 0.6 is 0 Å². The molecule has 0 bridgehead atoms. The van der Waals surface area contributed by atoms with Crippen LogP contribution in [0.15, 0.2) is 18.2 Å². The van der Waals surface area contributed by atoms with Gasteiger partial charge in [0.15, 0.2) is 11.5 Å². The zero-order chi connectivity index (χ0) is 14.7. The number of hydrogen-bond acceptors (Lipinski definition) is 5. The van der Waals surface area contributed by atoms with Gasteiger partial charge in [0.05, 0.1) is 19.3 Å². The van der Waals surface area contributed by atoms with E-state index in [1.807, 2.05) is 12.1 Å². The third-order valence-corrected chi connectivity index (χ3v) is 4.33. The normalized spacial score (nSPS) is 24.7. The first-order chi connectivity index (χ1) is 10.2. The maximum Gasteiger partial charge on any atom is 0.162 e. The molecule has 0 saturated carbocycles. The molecule has 1 aromatic rings. The van der Waals surface area contributed by atoms with Crippen LogP contribution in [0.25, 0.3) is 0 Å². The molecule has 5 heteroatoms. The van der Waals surface area contributed by atoms with Crippen molar-refractivity contribution in [3.8, 4) is 11.5 Å². The van der Waals surface area contributed by atoms with Gasteiger partial charge >= 0.3 is 0 Å². The number of ether oxygens (including phenoxy) is 4. The summed E-state index contributed by atoms with van der Waals surface area (Å²) < 4.78 is 23.0. The highest BCUT2D eigenvalue weighted by molar-refractivity contribution is 5.52. The van der Waals surface area contributed by atoms with Crippen molar-refractivity contribution in [2.45, 2.75) is 37.4 Å². The van der Waals surface area contributed by atoms with Crippen LogP contribution in [0.4, 0.5) is 5.69 Å². The molecule has 2 heterocycles. The van der Waals surface area contributed by atoms with Gasteiger partial charge in [-0.15, -0.1) is 0 Å². The van der Waals surface area contributed by atoms with Crippen molar-refractivity contribution >= 4 is 5.69 Å². The predicted molar refractivity (Wildman–Crippen MR) is 79.8 cm³/mol. The van der Waals surface area contributed by atoms with Crippen molar-refractivity contribution in [3.63, 3.8) is 0 Å². The minimum absolute atomic E-state index is 0.0673. The molecular formula is C16H23NO4. The average Bonchev–Trinajstić information content (AvgIpc) is 2.50. The minimum Gasteiger partial charge on any atom is -0.493 e. The summed E-state index contributed by atoms with van der Waals surface area (Å²) in [5.74, 6) is 1.43. The molecule has 1 unspecified atom stereocenters. The molecule has 0 aliphatic carbocycles. The molecular weight excluding hydrogens is 270 g/mol. The Balaban J connectivity index is 1.70. The fourth-order valence-corrected chi connectivity index (χ4v) is 3.14. The van der Waals surface area contributed by atoms with Gasteiger partial charge in [0.1, 0.15) is 6.10 Å². The summed E-state index contributed by atoms with van der Waals surface area (Å²) >= 11 is 0. The molecule has 1 spiro atoms. The molecule has 2 fully saturated rings. The highest BCUT2D eigenvalue weighted by Gasteiger charge is 2.40. The molecule has 0 amide bonds. The summed E-state index contributed by atoms with van der Waals surface area (Å²) in [6.07, 6.45) is 3.85. The number of rotatable bonds is 3. The Hall–Kier alpha value is -1.46. The molecule has 5 nitrogen and oxygen atoms in total. The fourth-order valence-electron chi connectivity index (χ4n) is 3.14. The van der Waals surface area contributed by atoms with Crippen LogP contribution in [-0.2, 0) is 9.47 Å². The zero-order valence-electron chi connectivity index (χ0n) is 12.5. The van der Waals surface area contributed by atoms with E-state index in [1.165, 1.54) is 0 Å². The van der Waals surface area contributed by atoms with Crippen molar-refractivity contribution in [2.24, 2.45) is 0 Å². The molecule has 116 valence electrons. The summed E-state index contributed by atoms with van der Waals surface area (Å²) in [7, 11) is 1.63. The Morgan fingerprint density at radius 3 is 2.76 bits per heavy atom. The molecule has 2 saturated heterocycles. The lowest BCUT2D eigenvalue weighted by atomic mass is 9.85. The summed E-state index contributed by atoms with van der Waals surface area (Å²) in [6, 6.07) is 5.50. The summed E-state index contributed by atoms with van der Waals surface area (Å²) in [4.78, 5) is 0. The van der Waals surface area contributed by atoms with E-state index in [0.717, 1.165) is 51.3 Å². The zero-order valence-corrected chi connectivity index (χ0v) is 12.5. The SMILES string of the molecule is COc1cc(N)ccc1OC1CCOC2(CCOCC2)C1. The van der Waals surface area contributed by atoms with E-state index in [9.17, 15) is 0 Å². The molecule has 0 aromatic heterocycles. The van der Waals surface area contributed by atoms with E-state index in [1.54, 1.807) is 13.2 Å². The first-order valence-electron chi connectivity index (χ1n) is 7.53. The quantitative estimate of drug-likeness (QED) is 0.867. The fraction of sp³-hybridized carbons (Fsp3) is 0.625. The third kappa shape index (κ3) is 3.24. The van der Waals surface area contributed by atoms with Crippen molar-refractivity contribution in [2.75, 3.05) is 32.7 Å². The smallest absolute Gasteiger partial charge is 0.162 e. The standard InChI is InChI=1S/C16H23NO4/c1-18-15-10-12(17)2-3-14(15)21-13-4-7-20-16(11-13)5-8-19-9-6-16/h2-3,10,13H,4-9,11,17H2,1H3. The lowest BCUT2D eigenvalue weighted by Gasteiger charge is -2.43. The van der Waals surface area contributed by atoms with E-state index < -0.39 is 0 Å². The second-order valence-electron chi connectivity index (χ2n) is 5.79. The molecule has 1 aromatic carbocycles. The van der Waals surface area contributed by atoms with Gasteiger partial charge in [-0.2, -0.15) is 0 Å². The van der Waals surface area contributed by atoms with Gasteiger partial charge in [0, 0.05) is 37.8 Å². The predicted octanol–water partition coefficient (Wildman–Crippen LogP) is 2.38. The number of nitrogen functional groups attached to an aromatic ring is 1. The Bertz CT molecular complexity index is 480. The van der Waals surface area contributed by atoms with Crippen LogP contribution in [0.3, 0.4) is 0 Å². The van der Waals surface area contributed by atoms with E-state index in [4.69, 9.17) is 24.7 Å². The summed E-state index contributed by atoms with van der Waals surface area (Å²) in [5, 5.41) is 0. The van der Waals surface area contributed by atoms with Crippen molar-refractivity contribution in [3.05, 3.63) is 18.2 Å². The number of benzene rings is 1. The Morgan fingerprint density at radius 2 is 2.00 bits per heavy atom. The summed E-state index contributed by atoms with van der Waals surface area (Å²) in [5.41, 5.74) is 6.38.